The van der Waals surface area contributed by atoms with Gasteiger partial charge in [0.2, 0.25) is 13.6 Å². The van der Waals surface area contributed by atoms with E-state index in [0.29, 0.717) is 106 Å². The Bertz CT molecular complexity index is 4470. The summed E-state index contributed by atoms with van der Waals surface area (Å²) >= 11 is 0. The number of esters is 2. The summed E-state index contributed by atoms with van der Waals surface area (Å²) in [5.41, 5.74) is 7.65. The third-order valence-corrected chi connectivity index (χ3v) is 19.7. The Hall–Kier alpha value is -8.85. The summed E-state index contributed by atoms with van der Waals surface area (Å²) < 4.78 is 67.2. The number of hydrogen-bond donors (Lipinski definition) is 1. The monoisotopic (exact) mass is 1190 g/mol. The fourth-order valence-electron chi connectivity index (χ4n) is 14.8. The number of hydrogen-bond acceptors (Lipinski definition) is 17. The summed E-state index contributed by atoms with van der Waals surface area (Å²) in [6.45, 7) is 7.77. The lowest BCUT2D eigenvalue weighted by Gasteiger charge is -2.41. The number of pyridine rings is 4. The molecule has 2 fully saturated rings. The number of aryl methyl sites for hydroxylation is 4. The van der Waals surface area contributed by atoms with Crippen molar-refractivity contribution in [3.05, 3.63) is 161 Å². The number of halogens is 1. The minimum absolute atomic E-state index is 0.0318. The third-order valence-electron chi connectivity index (χ3n) is 19.7. The number of aliphatic hydroxyl groups is 1. The summed E-state index contributed by atoms with van der Waals surface area (Å²) in [7, 11) is 0. The Labute approximate surface area is 504 Å². The van der Waals surface area contributed by atoms with Gasteiger partial charge in [0.1, 0.15) is 19.0 Å². The van der Waals surface area contributed by atoms with Crippen LogP contribution in [-0.4, -0.2) is 88.3 Å². The van der Waals surface area contributed by atoms with E-state index in [4.69, 9.17) is 47.9 Å². The van der Waals surface area contributed by atoms with Crippen molar-refractivity contribution in [3.63, 3.8) is 0 Å². The van der Waals surface area contributed by atoms with Crippen LogP contribution in [-0.2, 0) is 91.7 Å². The summed E-state index contributed by atoms with van der Waals surface area (Å²) in [5.74, 6) is 0.711. The van der Waals surface area contributed by atoms with Crippen molar-refractivity contribution in [2.45, 2.75) is 128 Å². The standard InChI is InChI=1S/C68H63FN6O13/c1-4-67(80)48-25-54-61-44(29-74(54)63(76)46(48)32-82-65(67)78)40(42-23-56-58(86-34-84-56)27-51(42)70-61)15-12-37-10-8-11-39(21-37)72-19-20-81-60(31-72)88-68(5-2)49-26-55-62-45(30-75(55)64(77)47(49)33-83-66(68)79)41(43-24-57-59(87-35-85-57)28-52(43)71-62)16-13-38-14-17-53(50(69)22-38)73-18-7-6-9-36(73)3/h8,10-11,14,17,21-28,36,60,80H,4-7,9,12-13,15-16,18-20,29-35H2,1-3H3/t36?,60?,67-,68-/m0/s1. The number of piperidine rings is 1. The van der Waals surface area contributed by atoms with Gasteiger partial charge in [0.25, 0.3) is 11.1 Å². The maximum absolute atomic E-state index is 16.0. The fraction of sp³-hybridized carbons (Fsp3) is 0.382. The molecule has 450 valence electrons. The fourth-order valence-corrected chi connectivity index (χ4v) is 14.8. The number of rotatable bonds is 12. The number of cyclic esters (lactones) is 2. The lowest BCUT2D eigenvalue weighted by Crippen LogP contribution is -2.52. The van der Waals surface area contributed by atoms with Crippen LogP contribution in [0.4, 0.5) is 15.8 Å². The minimum Gasteiger partial charge on any atom is -0.458 e. The Kier molecular flexibility index (Phi) is 12.8. The van der Waals surface area contributed by atoms with Crippen LogP contribution in [0, 0.1) is 5.82 Å². The zero-order valence-corrected chi connectivity index (χ0v) is 49.0. The average molecular weight is 1190 g/mol. The Morgan fingerprint density at radius 3 is 1.86 bits per heavy atom. The summed E-state index contributed by atoms with van der Waals surface area (Å²) in [4.78, 5) is 71.4. The Morgan fingerprint density at radius 1 is 0.648 bits per heavy atom. The molecule has 0 spiro atoms. The first kappa shape index (κ1) is 54.5. The number of morpholine rings is 1. The number of fused-ring (bicyclic) bond motifs is 12. The molecule has 2 saturated heterocycles. The van der Waals surface area contributed by atoms with E-state index in [1.165, 1.54) is 0 Å². The smallest absolute Gasteiger partial charge is 0.343 e. The van der Waals surface area contributed by atoms with Gasteiger partial charge >= 0.3 is 11.9 Å². The highest BCUT2D eigenvalue weighted by Gasteiger charge is 2.51. The molecular weight excluding hydrogens is 1130 g/mol. The van der Waals surface area contributed by atoms with Crippen LogP contribution in [0.3, 0.4) is 0 Å². The van der Waals surface area contributed by atoms with Crippen LogP contribution in [0.2, 0.25) is 0 Å². The summed E-state index contributed by atoms with van der Waals surface area (Å²) in [6.07, 6.45) is 4.70. The molecule has 19 nitrogen and oxygen atoms in total. The third kappa shape index (κ3) is 8.45. The van der Waals surface area contributed by atoms with Gasteiger partial charge in [-0.25, -0.2) is 23.9 Å². The van der Waals surface area contributed by atoms with Gasteiger partial charge in [0.15, 0.2) is 40.5 Å². The molecule has 4 aromatic heterocycles. The van der Waals surface area contributed by atoms with E-state index < -0.39 is 29.4 Å². The number of nitrogens with zero attached hydrogens (tertiary/aromatic N) is 6. The molecule has 12 heterocycles. The van der Waals surface area contributed by atoms with E-state index in [1.54, 1.807) is 28.2 Å². The van der Waals surface area contributed by atoms with Gasteiger partial charge in [-0.3, -0.25) is 9.59 Å². The number of ether oxygens (including phenoxy) is 8. The molecule has 0 amide bonds. The molecule has 4 atom stereocenters. The molecule has 2 unspecified atom stereocenters. The molecule has 1 N–H and O–H groups in total. The first-order valence-electron chi connectivity index (χ1n) is 30.6. The second-order valence-corrected chi connectivity index (χ2v) is 24.3. The molecule has 88 heavy (non-hydrogen) atoms. The van der Waals surface area contributed by atoms with Crippen LogP contribution in [0.15, 0.2) is 88.5 Å². The molecule has 8 aliphatic heterocycles. The number of benzene rings is 4. The SMILES string of the molecule is CC[C@@]1(O)C(=O)OCc2c1cc1n(c2=O)Cc2c-1nc1cc3c(cc1c2CCc1cccc(N2CCOC(O[C@]4(CC)C(=O)OCc5c4cc4n(c5=O)Cc5c-4nc4cc6c(cc4c5CCc4ccc(N5CCCCC5C)c(F)c4)OCO6)C2)c1)OCO3. The second-order valence-electron chi connectivity index (χ2n) is 24.3. The van der Waals surface area contributed by atoms with Crippen LogP contribution in [0.5, 0.6) is 23.0 Å². The lowest BCUT2D eigenvalue weighted by atomic mass is 9.85. The van der Waals surface area contributed by atoms with Gasteiger partial charge in [-0.15, -0.1) is 0 Å². The molecule has 8 aromatic rings. The van der Waals surface area contributed by atoms with Crippen LogP contribution in [0.1, 0.15) is 109 Å². The summed E-state index contributed by atoms with van der Waals surface area (Å²) in [6, 6.07) is 25.3. The van der Waals surface area contributed by atoms with E-state index in [1.807, 2.05) is 61.5 Å². The Morgan fingerprint density at radius 2 is 1.25 bits per heavy atom. The van der Waals surface area contributed by atoms with E-state index in [0.717, 1.165) is 75.6 Å². The van der Waals surface area contributed by atoms with E-state index in [9.17, 15) is 24.3 Å². The number of anilines is 2. The van der Waals surface area contributed by atoms with Crippen molar-refractivity contribution in [1.82, 2.24) is 19.1 Å². The summed E-state index contributed by atoms with van der Waals surface area (Å²) in [5, 5.41) is 13.3. The van der Waals surface area contributed by atoms with Gasteiger partial charge < -0.3 is 61.9 Å². The average Bonchev–Trinajstić information content (AvgIpc) is 1.56. The maximum Gasteiger partial charge on any atom is 0.343 e. The number of aromatic nitrogens is 4. The first-order chi connectivity index (χ1) is 42.8. The zero-order chi connectivity index (χ0) is 59.9. The molecule has 8 aliphatic rings. The van der Waals surface area contributed by atoms with E-state index in [-0.39, 0.29) is 100.0 Å². The zero-order valence-electron chi connectivity index (χ0n) is 49.0. The van der Waals surface area contributed by atoms with Crippen molar-refractivity contribution in [2.24, 2.45) is 0 Å². The molecule has 0 radical (unpaired) electrons. The molecule has 0 bridgehead atoms. The highest BCUT2D eigenvalue weighted by Crippen LogP contribution is 2.47. The van der Waals surface area contributed by atoms with Crippen molar-refractivity contribution in [3.8, 4) is 45.8 Å². The molecule has 0 saturated carbocycles. The quantitative estimate of drug-likeness (QED) is 0.113. The van der Waals surface area contributed by atoms with Crippen LogP contribution >= 0.6 is 0 Å². The molecule has 20 heteroatoms. The minimum atomic E-state index is -1.96. The van der Waals surface area contributed by atoms with Gasteiger partial charge in [-0.05, 0) is 135 Å². The topological polar surface area (TPSA) is 204 Å². The maximum atomic E-state index is 16.0. The second kappa shape index (κ2) is 20.6. The molecule has 4 aromatic carbocycles. The van der Waals surface area contributed by atoms with Crippen molar-refractivity contribution < 1.29 is 57.0 Å². The van der Waals surface area contributed by atoms with Gasteiger partial charge in [-0.1, -0.05) is 32.0 Å². The predicted octanol–water partition coefficient (Wildman–Crippen LogP) is 8.91. The van der Waals surface area contributed by atoms with E-state index in [2.05, 4.69) is 28.9 Å². The number of carbonyl (C=O) groups excluding carboxylic acids is 2. The van der Waals surface area contributed by atoms with Crippen molar-refractivity contribution in [1.29, 1.82) is 0 Å². The van der Waals surface area contributed by atoms with Gasteiger partial charge in [0.05, 0.1) is 76.9 Å². The largest absolute Gasteiger partial charge is 0.458 e. The van der Waals surface area contributed by atoms with Crippen molar-refractivity contribution >= 4 is 45.1 Å². The number of carbonyl (C=O) groups is 2. The normalized spacial score (nSPS) is 21.9. The van der Waals surface area contributed by atoms with E-state index >= 15 is 4.39 Å². The molecule has 16 rings (SSSR count). The highest BCUT2D eigenvalue weighted by molar-refractivity contribution is 5.93. The van der Waals surface area contributed by atoms with Crippen molar-refractivity contribution in [2.75, 3.05) is 49.6 Å². The lowest BCUT2D eigenvalue weighted by molar-refractivity contribution is -0.235. The van der Waals surface area contributed by atoms with Crippen LogP contribution in [0.25, 0.3) is 44.6 Å². The molecule has 0 aliphatic carbocycles. The molecular formula is C68H63FN6O13. The van der Waals surface area contributed by atoms with Gasteiger partial charge in [-0.2, -0.15) is 0 Å². The van der Waals surface area contributed by atoms with Crippen LogP contribution < -0.4 is 39.9 Å². The predicted molar refractivity (Wildman–Crippen MR) is 320 cm³/mol. The van der Waals surface area contributed by atoms with Gasteiger partial charge in [0, 0.05) is 70.0 Å². The Balaban J connectivity index is 0.686. The first-order valence-corrected chi connectivity index (χ1v) is 30.6. The highest BCUT2D eigenvalue weighted by atomic mass is 19.1.